The molecule has 7 heterocycles. The highest BCUT2D eigenvalue weighted by atomic mass is 35.5. The van der Waals surface area contributed by atoms with E-state index in [2.05, 4.69) is 47.9 Å². The largest absolute Gasteiger partial charge is 0.508 e. The maximum absolute atomic E-state index is 16.4. The molecule has 2 fully saturated rings. The number of phenols is 3. The lowest BCUT2D eigenvalue weighted by atomic mass is 9.84. The molecule has 7 aromatic rings. The van der Waals surface area contributed by atoms with Gasteiger partial charge in [0.2, 0.25) is 53.4 Å². The molecule has 41 heteroatoms. The van der Waals surface area contributed by atoms with Gasteiger partial charge in [0.1, 0.15) is 95.6 Å². The summed E-state index contributed by atoms with van der Waals surface area (Å²) >= 11 is 14.4. The van der Waals surface area contributed by atoms with Gasteiger partial charge in [-0.25, -0.2) is 4.79 Å². The molecule has 18 atom stereocenters. The SMILES string of the molecule is CN[C@@H](CC(C)C)C(=O)N[C@H]1C(=O)N[C@@H](CC(N)=O)C(=O)NC2C(=O)N[C@@H]3C(=O)N[C@@H](C(=O)N[C@@H](C(=O)O)c4cc(O)cc(O)c4-c4cc3ccc4O)[C@@H](O[C@@H]3CC(C)(NCc4cccc(NC(=O)c5cc(N(C)C)cc(C(F)(F)F)c5)c4)[C@H](O)[C@H](C)O3)c3ccc(c(Cl)c3)Oc3cc2cc(c3OC2O[C@@H](CO)[C@@H](O)[C@@H](O)[C@H]2O)Oc2ccc(cc2Cl)[C@H]1O. The van der Waals surface area contributed by atoms with Gasteiger partial charge in [0, 0.05) is 72.3 Å². The predicted octanol–water partition coefficient (Wildman–Crippen LogP) is 4.27. The molecule has 0 spiro atoms. The van der Waals surface area contributed by atoms with Crippen molar-refractivity contribution < 1.29 is 136 Å². The number of benzene rings is 7. The molecule has 11 bridgehead atoms. The monoisotopic (exact) mass is 1770 g/mol. The van der Waals surface area contributed by atoms with Crippen LogP contribution in [0.3, 0.4) is 0 Å². The van der Waals surface area contributed by atoms with E-state index in [4.69, 9.17) is 57.4 Å². The summed E-state index contributed by atoms with van der Waals surface area (Å²) in [7, 11) is 4.47. The maximum atomic E-state index is 16.4. The zero-order valence-electron chi connectivity index (χ0n) is 67.0. The van der Waals surface area contributed by atoms with E-state index >= 15 is 19.2 Å². The van der Waals surface area contributed by atoms with Crippen molar-refractivity contribution in [3.05, 3.63) is 176 Å². The summed E-state index contributed by atoms with van der Waals surface area (Å²) in [6.07, 6.45) is -24.8. The highest BCUT2D eigenvalue weighted by molar-refractivity contribution is 6.32. The van der Waals surface area contributed by atoms with E-state index in [-0.39, 0.29) is 52.7 Å². The molecular weight excluding hydrogens is 1680 g/mol. The topological polar surface area (TPSA) is 549 Å². The van der Waals surface area contributed by atoms with Crippen LogP contribution >= 0.6 is 23.2 Å². The number of nitrogens with two attached hydrogens (primary N) is 1. The van der Waals surface area contributed by atoms with E-state index in [1.54, 1.807) is 32.9 Å². The van der Waals surface area contributed by atoms with E-state index in [0.717, 1.165) is 72.8 Å². The summed E-state index contributed by atoms with van der Waals surface area (Å²) in [6, 6.07) is 7.80. The number of likely N-dealkylation sites (N-methyl/N-ethyl adjacent to an activating group) is 1. The number of halogens is 5. The van der Waals surface area contributed by atoms with Crippen molar-refractivity contribution in [2.45, 2.75) is 169 Å². The van der Waals surface area contributed by atoms with Crippen LogP contribution in [0.5, 0.6) is 46.0 Å². The van der Waals surface area contributed by atoms with Crippen molar-refractivity contribution in [2.24, 2.45) is 11.7 Å². The lowest BCUT2D eigenvalue weighted by molar-refractivity contribution is -0.277. The van der Waals surface area contributed by atoms with Crippen LogP contribution in [0.2, 0.25) is 10.0 Å². The van der Waals surface area contributed by atoms with E-state index in [1.807, 2.05) is 0 Å². The highest BCUT2D eigenvalue weighted by Crippen LogP contribution is 2.50. The lowest BCUT2D eigenvalue weighted by Crippen LogP contribution is -2.63. The Balaban J connectivity index is 1.03. The average Bonchev–Trinajstić information content (AvgIpc) is 0.802. The zero-order chi connectivity index (χ0) is 90.2. The zero-order valence-corrected chi connectivity index (χ0v) is 68.5. The number of aliphatic carboxylic acids is 1. The average molecular weight is 1770 g/mol. The number of hydrogen-bond donors (Lipinski definition) is 20. The van der Waals surface area contributed by atoms with Crippen LogP contribution < -0.4 is 72.7 Å². The summed E-state index contributed by atoms with van der Waals surface area (Å²) in [5, 5.41) is 138. The number of amides is 8. The number of carbonyl (C=O) groups excluding carboxylic acids is 8. The van der Waals surface area contributed by atoms with Gasteiger partial charge in [-0.2, -0.15) is 13.2 Å². The molecule has 7 aliphatic heterocycles. The molecule has 7 aromatic carbocycles. The molecule has 3 unspecified atom stereocenters. The third kappa shape index (κ3) is 20.1. The number of carboxylic acid groups (broad SMARTS) is 1. The van der Waals surface area contributed by atoms with Gasteiger partial charge in [-0.15, -0.1) is 0 Å². The molecule has 7 aliphatic rings. The van der Waals surface area contributed by atoms with Gasteiger partial charge in [-0.1, -0.05) is 67.4 Å². The number of alkyl halides is 3. The number of primary amides is 1. The number of carbonyl (C=O) groups is 9. The van der Waals surface area contributed by atoms with Crippen LogP contribution in [0.4, 0.5) is 24.5 Å². The fourth-order valence-electron chi connectivity index (χ4n) is 15.1. The normalized spacial score (nSPS) is 26.2. The second kappa shape index (κ2) is 37.4. The molecule has 8 amide bonds. The Morgan fingerprint density at radius 1 is 0.710 bits per heavy atom. The Kier molecular flexibility index (Phi) is 27.6. The summed E-state index contributed by atoms with van der Waals surface area (Å²) in [5.74, 6) is -17.6. The standard InChI is InChI=1S/C83H90Cl2F3N11O25/c1-33(2)17-49(90-5)74(111)97-64-66(105)37-12-15-53(47(84)22-37)120-55-24-39-25-56(71(55)124-81-69(108)68(107)67(106)57(32-100)122-81)121-54-16-13-38(23-48(54)85)70(123-59-30-82(4,72(109)34(3)119-59)91-31-35-9-8-10-42(18-35)92-73(110)40-19-41(83(86,87)88)26-43(20-40)99(6)7)65-79(116)96-63(80(117)118)46-27-44(101)28-52(103)60(46)45-21-36(11-14-51(45)102)61(76(113)98-65)95-77(114)62(39)94-75(112)50(29-58(89)104)93-78(64)115/h8-16,18-28,33-34,49-50,57,59,61-70,72,81,90-91,100-103,105-109H,17,29-32H2,1-7H3,(H2,89,104)(H,92,110)(H,93,115)(H,94,112)(H,95,114)(H,96,116)(H,97,111)(H,98,113)(H,117,118)/t34-,49-,50-,57-,59+,61-,62?,63+,64+,65+,66+,67+,68+,69+,70-,72+,81?,82?/m0/s1. The minimum absolute atomic E-state index is 0.0911. The minimum atomic E-state index is -4.81. The van der Waals surface area contributed by atoms with E-state index < -0.39 is 272 Å². The molecule has 0 saturated carbocycles. The van der Waals surface area contributed by atoms with Crippen LogP contribution in [0.15, 0.2) is 121 Å². The number of aliphatic hydroxyl groups excluding tert-OH is 6. The number of rotatable bonds is 19. The Bertz CT molecular complexity index is 5310. The highest BCUT2D eigenvalue weighted by Gasteiger charge is 2.50. The van der Waals surface area contributed by atoms with Crippen LogP contribution in [0, 0.1) is 5.92 Å². The number of carboxylic acids is 1. The number of ether oxygens (including phenoxy) is 6. The minimum Gasteiger partial charge on any atom is -0.508 e. The molecule has 21 N–H and O–H groups in total. The number of nitrogens with one attached hydrogen (secondary N) is 9. The van der Waals surface area contributed by atoms with E-state index in [9.17, 15) is 88.2 Å². The van der Waals surface area contributed by atoms with E-state index in [0.29, 0.717) is 11.6 Å². The number of aromatic hydroxyl groups is 3. The number of aliphatic hydroxyl groups is 6. The number of phenolic OH excluding ortho intramolecular Hbond substituents is 3. The number of fused-ring (bicyclic) bond motifs is 15. The summed E-state index contributed by atoms with van der Waals surface area (Å²) in [5.41, 5.74) is 0.471. The maximum Gasteiger partial charge on any atom is 0.416 e. The van der Waals surface area contributed by atoms with Gasteiger partial charge < -0.3 is 138 Å². The van der Waals surface area contributed by atoms with Crippen molar-refractivity contribution in [1.29, 1.82) is 0 Å². The summed E-state index contributed by atoms with van der Waals surface area (Å²) in [6.45, 7) is 5.48. The van der Waals surface area contributed by atoms with Gasteiger partial charge in [-0.3, -0.25) is 38.4 Å². The van der Waals surface area contributed by atoms with Crippen molar-refractivity contribution >= 4 is 87.8 Å². The number of nitrogens with zero attached hydrogens (tertiary/aromatic N) is 1. The second-order valence-corrected chi connectivity index (χ2v) is 32.1. The van der Waals surface area contributed by atoms with Crippen molar-refractivity contribution in [3.63, 3.8) is 0 Å². The Hall–Kier alpha value is -11.7. The molecule has 0 aliphatic carbocycles. The molecular formula is C83H90Cl2F3N11O25. The van der Waals surface area contributed by atoms with Crippen molar-refractivity contribution in [1.82, 2.24) is 42.5 Å². The first-order valence-corrected chi connectivity index (χ1v) is 39.5. The third-order valence-electron chi connectivity index (χ3n) is 21.6. The first-order valence-electron chi connectivity index (χ1n) is 38.7. The number of anilines is 2. The van der Waals surface area contributed by atoms with Gasteiger partial charge in [0.05, 0.1) is 46.9 Å². The predicted molar refractivity (Wildman–Crippen MR) is 432 cm³/mol. The fraction of sp³-hybridized carbons (Fsp3) is 0.386. The summed E-state index contributed by atoms with van der Waals surface area (Å²) < 4.78 is 81.1. The van der Waals surface area contributed by atoms with Crippen molar-refractivity contribution in [3.8, 4) is 57.1 Å². The van der Waals surface area contributed by atoms with Crippen LogP contribution in [-0.2, 0) is 65.3 Å². The Labute approximate surface area is 714 Å². The first kappa shape index (κ1) is 91.5. The van der Waals surface area contributed by atoms with Gasteiger partial charge >= 0.3 is 12.1 Å². The molecule has 2 saturated heterocycles. The summed E-state index contributed by atoms with van der Waals surface area (Å²) in [4.78, 5) is 136. The molecule has 0 radical (unpaired) electrons. The molecule has 36 nitrogen and oxygen atoms in total. The fourth-order valence-corrected chi connectivity index (χ4v) is 15.5. The molecule has 124 heavy (non-hydrogen) atoms. The molecule has 662 valence electrons. The first-order chi connectivity index (χ1) is 58.5. The smallest absolute Gasteiger partial charge is 0.416 e. The van der Waals surface area contributed by atoms with Crippen molar-refractivity contribution in [2.75, 3.05) is 38.0 Å². The molecule has 0 aromatic heterocycles. The van der Waals surface area contributed by atoms with E-state index in [1.165, 1.54) is 63.3 Å². The Morgan fingerprint density at radius 3 is 1.98 bits per heavy atom. The van der Waals surface area contributed by atoms with Crippen LogP contribution in [0.25, 0.3) is 11.1 Å². The van der Waals surface area contributed by atoms with Crippen LogP contribution in [-0.4, -0.2) is 211 Å². The Morgan fingerprint density at radius 2 is 1.35 bits per heavy atom. The third-order valence-corrected chi connectivity index (χ3v) is 22.2. The van der Waals surface area contributed by atoms with Crippen LogP contribution in [0.1, 0.15) is 127 Å². The lowest BCUT2D eigenvalue weighted by Gasteiger charge is -2.47. The second-order valence-electron chi connectivity index (χ2n) is 31.3. The van der Waals surface area contributed by atoms with Gasteiger partial charge in [-0.05, 0) is 146 Å². The quantitative estimate of drug-likeness (QED) is 0.0537. The number of hydrogen-bond acceptors (Lipinski definition) is 27. The molecule has 14 rings (SSSR count). The van der Waals surface area contributed by atoms with Gasteiger partial charge in [0.15, 0.2) is 23.8 Å². The van der Waals surface area contributed by atoms with Gasteiger partial charge in [0.25, 0.3) is 5.91 Å².